The van der Waals surface area contributed by atoms with E-state index in [0.717, 1.165) is 10.6 Å². The minimum atomic E-state index is -3.69. The number of carbonyl (C=O) groups excluding carboxylic acids is 2. The number of hydrogen-bond donors (Lipinski definition) is 0. The third kappa shape index (κ3) is 3.07. The second-order valence-corrected chi connectivity index (χ2v) is 9.17. The molecule has 0 radical (unpaired) electrons. The van der Waals surface area contributed by atoms with Crippen LogP contribution in [0.2, 0.25) is 0 Å². The fraction of sp³-hybridized carbons (Fsp3) is 0.625. The Balaban J connectivity index is 1.95. The highest BCUT2D eigenvalue weighted by Crippen LogP contribution is 2.41. The smallest absolute Gasteiger partial charge is 0.274 e. The summed E-state index contributed by atoms with van der Waals surface area (Å²) in [6.07, 6.45) is 4.26. The molecule has 3 heterocycles. The lowest BCUT2D eigenvalue weighted by Gasteiger charge is -2.28. The van der Waals surface area contributed by atoms with E-state index in [9.17, 15) is 18.0 Å². The van der Waals surface area contributed by atoms with E-state index in [1.54, 1.807) is 4.90 Å². The summed E-state index contributed by atoms with van der Waals surface area (Å²) >= 11 is 5.69. The SMILES string of the molecule is CC(C)[C@H]1C(=O)N(S(C)(=O)=O)[C@H]2CCN(C(=O)c3cnc(CCl)cn3)[C@H]12. The number of rotatable bonds is 4. The minimum absolute atomic E-state index is 0.0974. The van der Waals surface area contributed by atoms with Gasteiger partial charge in [0, 0.05) is 6.54 Å². The molecule has 1 aromatic rings. The quantitative estimate of drug-likeness (QED) is 0.695. The molecular weight excluding hydrogens is 380 g/mol. The summed E-state index contributed by atoms with van der Waals surface area (Å²) < 4.78 is 25.2. The molecule has 0 saturated carbocycles. The van der Waals surface area contributed by atoms with E-state index in [1.807, 2.05) is 13.8 Å². The Morgan fingerprint density at radius 3 is 2.54 bits per heavy atom. The van der Waals surface area contributed by atoms with Crippen molar-refractivity contribution in [2.45, 2.75) is 38.2 Å². The number of fused-ring (bicyclic) bond motifs is 1. The van der Waals surface area contributed by atoms with E-state index < -0.39 is 33.9 Å². The van der Waals surface area contributed by atoms with Crippen LogP contribution in [0, 0.1) is 11.8 Å². The lowest BCUT2D eigenvalue weighted by Crippen LogP contribution is -2.44. The third-order valence-electron chi connectivity index (χ3n) is 4.99. The molecule has 2 saturated heterocycles. The van der Waals surface area contributed by atoms with Crippen molar-refractivity contribution < 1.29 is 18.0 Å². The van der Waals surface area contributed by atoms with Crippen LogP contribution >= 0.6 is 11.6 Å². The topological polar surface area (TPSA) is 101 Å². The van der Waals surface area contributed by atoms with Crippen molar-refractivity contribution in [2.24, 2.45) is 11.8 Å². The first-order chi connectivity index (χ1) is 12.2. The number of carbonyl (C=O) groups is 2. The lowest BCUT2D eigenvalue weighted by atomic mass is 9.88. The number of halogens is 1. The molecule has 142 valence electrons. The highest BCUT2D eigenvalue weighted by molar-refractivity contribution is 7.88. The predicted molar refractivity (Wildman–Crippen MR) is 94.8 cm³/mol. The molecule has 0 aromatic carbocycles. The van der Waals surface area contributed by atoms with E-state index in [-0.39, 0.29) is 23.4 Å². The predicted octanol–water partition coefficient (Wildman–Crippen LogP) is 0.873. The average Bonchev–Trinajstić information content (AvgIpc) is 3.09. The molecule has 1 aromatic heterocycles. The number of alkyl halides is 1. The molecule has 10 heteroatoms. The zero-order valence-corrected chi connectivity index (χ0v) is 16.4. The van der Waals surface area contributed by atoms with Gasteiger partial charge in [-0.3, -0.25) is 14.6 Å². The molecule has 2 fully saturated rings. The first-order valence-corrected chi connectivity index (χ1v) is 10.8. The minimum Gasteiger partial charge on any atom is -0.331 e. The number of hydrogen-bond acceptors (Lipinski definition) is 6. The van der Waals surface area contributed by atoms with Gasteiger partial charge in [-0.05, 0) is 12.3 Å². The standard InChI is InChI=1S/C16H21ClN4O4S/c1-9(2)13-14-12(21(16(13)23)26(3,24)25)4-5-20(14)15(22)11-8-18-10(6-17)7-19-11/h7-9,12-14H,4-6H2,1-3H3/t12-,13+,14-/m0/s1. The molecule has 0 N–H and O–H groups in total. The summed E-state index contributed by atoms with van der Waals surface area (Å²) in [5, 5.41) is 0. The summed E-state index contributed by atoms with van der Waals surface area (Å²) in [4.78, 5) is 35.5. The third-order valence-corrected chi connectivity index (χ3v) is 6.43. The van der Waals surface area contributed by atoms with Crippen LogP contribution in [0.15, 0.2) is 12.4 Å². The number of nitrogens with zero attached hydrogens (tertiary/aromatic N) is 4. The zero-order valence-electron chi connectivity index (χ0n) is 14.8. The van der Waals surface area contributed by atoms with Crippen molar-refractivity contribution in [1.82, 2.24) is 19.2 Å². The van der Waals surface area contributed by atoms with Crippen LogP contribution in [0.4, 0.5) is 0 Å². The zero-order chi connectivity index (χ0) is 19.2. The number of sulfonamides is 1. The Kier molecular flexibility index (Phi) is 4.96. The van der Waals surface area contributed by atoms with Gasteiger partial charge in [-0.15, -0.1) is 11.6 Å². The van der Waals surface area contributed by atoms with Gasteiger partial charge in [0.15, 0.2) is 0 Å². The van der Waals surface area contributed by atoms with Crippen LogP contribution in [0.1, 0.15) is 36.5 Å². The number of aromatic nitrogens is 2. The molecule has 3 atom stereocenters. The van der Waals surface area contributed by atoms with E-state index in [0.29, 0.717) is 18.7 Å². The molecule has 0 bridgehead atoms. The van der Waals surface area contributed by atoms with Crippen molar-refractivity contribution in [3.8, 4) is 0 Å². The molecule has 2 aliphatic heterocycles. The molecule has 26 heavy (non-hydrogen) atoms. The summed E-state index contributed by atoms with van der Waals surface area (Å²) in [5.41, 5.74) is 0.717. The molecule has 2 aliphatic rings. The second kappa shape index (κ2) is 6.77. The first kappa shape index (κ1) is 19.0. The Labute approximate surface area is 157 Å². The summed E-state index contributed by atoms with van der Waals surface area (Å²) in [7, 11) is -3.69. The van der Waals surface area contributed by atoms with Crippen molar-refractivity contribution in [1.29, 1.82) is 0 Å². The van der Waals surface area contributed by atoms with Gasteiger partial charge in [-0.1, -0.05) is 13.8 Å². The largest absolute Gasteiger partial charge is 0.331 e. The first-order valence-electron chi connectivity index (χ1n) is 8.38. The Morgan fingerprint density at radius 1 is 1.35 bits per heavy atom. The molecule has 8 nitrogen and oxygen atoms in total. The number of likely N-dealkylation sites (tertiary alicyclic amines) is 1. The fourth-order valence-electron chi connectivity index (χ4n) is 3.95. The van der Waals surface area contributed by atoms with Crippen LogP contribution in [-0.2, 0) is 20.7 Å². The second-order valence-electron chi connectivity index (χ2n) is 7.04. The van der Waals surface area contributed by atoms with Crippen LogP contribution in [0.3, 0.4) is 0 Å². The summed E-state index contributed by atoms with van der Waals surface area (Å²) in [5.74, 6) is -1.24. The van der Waals surface area contributed by atoms with Crippen molar-refractivity contribution in [3.05, 3.63) is 23.8 Å². The van der Waals surface area contributed by atoms with Gasteiger partial charge in [-0.25, -0.2) is 17.7 Å². The Hall–Kier alpha value is -1.74. The van der Waals surface area contributed by atoms with E-state index in [2.05, 4.69) is 9.97 Å². The van der Waals surface area contributed by atoms with Gasteiger partial charge < -0.3 is 4.90 Å². The highest BCUT2D eigenvalue weighted by atomic mass is 35.5. The Morgan fingerprint density at radius 2 is 2.04 bits per heavy atom. The van der Waals surface area contributed by atoms with E-state index in [1.165, 1.54) is 12.4 Å². The van der Waals surface area contributed by atoms with Crippen molar-refractivity contribution in [3.63, 3.8) is 0 Å². The normalized spacial score (nSPS) is 25.9. The van der Waals surface area contributed by atoms with Gasteiger partial charge >= 0.3 is 0 Å². The monoisotopic (exact) mass is 400 g/mol. The highest BCUT2D eigenvalue weighted by Gasteiger charge is 2.58. The molecular formula is C16H21ClN4O4S. The number of amides is 2. The van der Waals surface area contributed by atoms with Gasteiger partial charge in [0.05, 0.1) is 48.2 Å². The van der Waals surface area contributed by atoms with Crippen molar-refractivity contribution >= 4 is 33.4 Å². The summed E-state index contributed by atoms with van der Waals surface area (Å²) in [6.45, 7) is 4.10. The van der Waals surface area contributed by atoms with Crippen LogP contribution < -0.4 is 0 Å². The maximum Gasteiger partial charge on any atom is 0.274 e. The van der Waals surface area contributed by atoms with Crippen LogP contribution in [0.5, 0.6) is 0 Å². The molecule has 2 amide bonds. The molecule has 0 unspecified atom stereocenters. The maximum atomic E-state index is 12.9. The van der Waals surface area contributed by atoms with E-state index in [4.69, 9.17) is 11.6 Å². The molecule has 0 aliphatic carbocycles. The lowest BCUT2D eigenvalue weighted by molar-refractivity contribution is -0.129. The van der Waals surface area contributed by atoms with Crippen molar-refractivity contribution in [2.75, 3.05) is 12.8 Å². The molecule has 0 spiro atoms. The maximum absolute atomic E-state index is 12.9. The Bertz CT molecular complexity index is 827. The summed E-state index contributed by atoms with van der Waals surface area (Å²) in [6, 6.07) is -1.01. The average molecular weight is 401 g/mol. The van der Waals surface area contributed by atoms with Gasteiger partial charge in [0.2, 0.25) is 15.9 Å². The van der Waals surface area contributed by atoms with Crippen LogP contribution in [0.25, 0.3) is 0 Å². The fourth-order valence-corrected chi connectivity index (χ4v) is 5.26. The van der Waals surface area contributed by atoms with Gasteiger partial charge in [0.1, 0.15) is 5.69 Å². The van der Waals surface area contributed by atoms with Gasteiger partial charge in [-0.2, -0.15) is 0 Å². The van der Waals surface area contributed by atoms with Crippen LogP contribution in [-0.4, -0.2) is 64.3 Å². The van der Waals surface area contributed by atoms with E-state index >= 15 is 0 Å². The van der Waals surface area contributed by atoms with Gasteiger partial charge in [0.25, 0.3) is 5.91 Å². The molecule has 3 rings (SSSR count).